The largest absolute Gasteiger partial charge is 0.380 e. The highest BCUT2D eigenvalue weighted by molar-refractivity contribution is 5.83. The number of carbonyl (C=O) groups excluding carboxylic acids is 1. The average molecular weight is 186 g/mol. The first kappa shape index (κ1) is 10.5. The summed E-state index contributed by atoms with van der Waals surface area (Å²) in [4.78, 5) is 13.2. The number of aliphatic hydroxyl groups is 1. The number of rotatable bonds is 1. The minimum atomic E-state index is -1.31. The second-order valence-corrected chi connectivity index (χ2v) is 4.18. The van der Waals surface area contributed by atoms with Crippen LogP contribution in [-0.4, -0.2) is 41.1 Å². The maximum atomic E-state index is 11.1. The zero-order chi connectivity index (χ0) is 10.2. The van der Waals surface area contributed by atoms with E-state index in [0.29, 0.717) is 13.0 Å². The van der Waals surface area contributed by atoms with Crippen molar-refractivity contribution in [3.05, 3.63) is 0 Å². The van der Waals surface area contributed by atoms with E-state index in [9.17, 15) is 9.90 Å². The fourth-order valence-electron chi connectivity index (χ4n) is 1.91. The molecule has 76 valence electrons. The first-order valence-electron chi connectivity index (χ1n) is 4.60. The zero-order valence-electron chi connectivity index (χ0n) is 8.45. The fourth-order valence-corrected chi connectivity index (χ4v) is 1.91. The van der Waals surface area contributed by atoms with Crippen LogP contribution in [0.2, 0.25) is 0 Å². The molecule has 1 amide bonds. The van der Waals surface area contributed by atoms with E-state index < -0.39 is 11.5 Å². The molecule has 1 rings (SSSR count). The lowest BCUT2D eigenvalue weighted by Crippen LogP contribution is -2.59. The van der Waals surface area contributed by atoms with Gasteiger partial charge in [-0.3, -0.25) is 4.79 Å². The van der Waals surface area contributed by atoms with Crippen LogP contribution in [0.1, 0.15) is 20.3 Å². The topological polar surface area (TPSA) is 66.6 Å². The van der Waals surface area contributed by atoms with Crippen LogP contribution in [0, 0.1) is 5.92 Å². The molecule has 0 saturated carbocycles. The van der Waals surface area contributed by atoms with Crippen LogP contribution >= 0.6 is 0 Å². The molecule has 0 aromatic heterocycles. The molecule has 3 unspecified atom stereocenters. The molecule has 1 fully saturated rings. The van der Waals surface area contributed by atoms with E-state index in [4.69, 9.17) is 5.73 Å². The molecular weight excluding hydrogens is 168 g/mol. The van der Waals surface area contributed by atoms with Gasteiger partial charge in [0.05, 0.1) is 0 Å². The maximum Gasteiger partial charge on any atom is 0.249 e. The Kier molecular flexibility index (Phi) is 2.63. The van der Waals surface area contributed by atoms with Gasteiger partial charge >= 0.3 is 0 Å². The number of piperidine rings is 1. The third-order valence-electron chi connectivity index (χ3n) is 3.16. The molecule has 0 aromatic rings. The summed E-state index contributed by atoms with van der Waals surface area (Å²) in [5.41, 5.74) is 3.88. The molecule has 0 aromatic carbocycles. The van der Waals surface area contributed by atoms with E-state index in [-0.39, 0.29) is 12.0 Å². The SMILES string of the molecule is CC1CC(O)(C(N)=O)C(C)CN1C. The molecule has 4 heteroatoms. The lowest BCUT2D eigenvalue weighted by Gasteiger charge is -2.43. The zero-order valence-corrected chi connectivity index (χ0v) is 8.45. The van der Waals surface area contributed by atoms with Crippen molar-refractivity contribution in [2.24, 2.45) is 11.7 Å². The van der Waals surface area contributed by atoms with Gasteiger partial charge in [0, 0.05) is 24.9 Å². The van der Waals surface area contributed by atoms with E-state index in [1.54, 1.807) is 0 Å². The molecule has 3 atom stereocenters. The van der Waals surface area contributed by atoms with Gasteiger partial charge in [0.1, 0.15) is 5.60 Å². The average Bonchev–Trinajstić information content (AvgIpc) is 2.01. The summed E-state index contributed by atoms with van der Waals surface area (Å²) in [7, 11) is 1.99. The summed E-state index contributed by atoms with van der Waals surface area (Å²) in [6.45, 7) is 4.55. The van der Waals surface area contributed by atoms with Crippen molar-refractivity contribution >= 4 is 5.91 Å². The van der Waals surface area contributed by atoms with Crippen molar-refractivity contribution in [2.75, 3.05) is 13.6 Å². The molecule has 0 aliphatic carbocycles. The Labute approximate surface area is 78.7 Å². The Morgan fingerprint density at radius 3 is 2.62 bits per heavy atom. The number of carbonyl (C=O) groups is 1. The number of amides is 1. The van der Waals surface area contributed by atoms with Crippen molar-refractivity contribution in [3.8, 4) is 0 Å². The highest BCUT2D eigenvalue weighted by atomic mass is 16.3. The number of likely N-dealkylation sites (tertiary alicyclic amines) is 1. The highest BCUT2D eigenvalue weighted by Crippen LogP contribution is 2.30. The molecule has 0 radical (unpaired) electrons. The van der Waals surface area contributed by atoms with Crippen LogP contribution in [0.25, 0.3) is 0 Å². The van der Waals surface area contributed by atoms with Crippen molar-refractivity contribution in [1.82, 2.24) is 4.90 Å². The van der Waals surface area contributed by atoms with Crippen LogP contribution in [0.4, 0.5) is 0 Å². The van der Waals surface area contributed by atoms with Gasteiger partial charge in [0.2, 0.25) is 5.91 Å². The van der Waals surface area contributed by atoms with Gasteiger partial charge in [-0.05, 0) is 14.0 Å². The number of hydrogen-bond acceptors (Lipinski definition) is 3. The van der Waals surface area contributed by atoms with Crippen molar-refractivity contribution in [1.29, 1.82) is 0 Å². The third kappa shape index (κ3) is 1.69. The second-order valence-electron chi connectivity index (χ2n) is 4.18. The Balaban J connectivity index is 2.82. The third-order valence-corrected chi connectivity index (χ3v) is 3.16. The minimum Gasteiger partial charge on any atom is -0.380 e. The number of primary amides is 1. The lowest BCUT2D eigenvalue weighted by molar-refractivity contribution is -0.150. The number of nitrogens with zero attached hydrogens (tertiary/aromatic N) is 1. The van der Waals surface area contributed by atoms with E-state index in [0.717, 1.165) is 0 Å². The van der Waals surface area contributed by atoms with Crippen LogP contribution in [0.15, 0.2) is 0 Å². The Bertz CT molecular complexity index is 220. The summed E-state index contributed by atoms with van der Waals surface area (Å²) in [5, 5.41) is 10.0. The summed E-state index contributed by atoms with van der Waals surface area (Å²) in [6, 6.07) is 0.202. The van der Waals surface area contributed by atoms with E-state index in [1.807, 2.05) is 20.9 Å². The summed E-state index contributed by atoms with van der Waals surface area (Å²) in [6.07, 6.45) is 0.431. The van der Waals surface area contributed by atoms with Gasteiger partial charge in [-0.1, -0.05) is 6.92 Å². The molecule has 13 heavy (non-hydrogen) atoms. The molecular formula is C9H18N2O2. The Morgan fingerprint density at radius 1 is 1.62 bits per heavy atom. The molecule has 3 N–H and O–H groups in total. The van der Waals surface area contributed by atoms with Gasteiger partial charge < -0.3 is 15.7 Å². The molecule has 1 heterocycles. The smallest absolute Gasteiger partial charge is 0.249 e. The molecule has 0 bridgehead atoms. The summed E-state index contributed by atoms with van der Waals surface area (Å²) >= 11 is 0. The van der Waals surface area contributed by atoms with Gasteiger partial charge in [0.15, 0.2) is 0 Å². The van der Waals surface area contributed by atoms with Crippen LogP contribution in [0.3, 0.4) is 0 Å². The second kappa shape index (κ2) is 3.27. The number of nitrogens with two attached hydrogens (primary N) is 1. The molecule has 1 aliphatic rings. The maximum absolute atomic E-state index is 11.1. The van der Waals surface area contributed by atoms with E-state index >= 15 is 0 Å². The minimum absolute atomic E-state index is 0.0915. The Hall–Kier alpha value is -0.610. The van der Waals surface area contributed by atoms with Gasteiger partial charge in [-0.25, -0.2) is 0 Å². The van der Waals surface area contributed by atoms with Crippen LogP contribution in [0.5, 0.6) is 0 Å². The molecule has 0 spiro atoms. The first-order chi connectivity index (χ1) is 5.88. The quantitative estimate of drug-likeness (QED) is 0.583. The molecule has 1 aliphatic heterocycles. The van der Waals surface area contributed by atoms with Gasteiger partial charge in [-0.2, -0.15) is 0 Å². The fraction of sp³-hybridized carbons (Fsp3) is 0.889. The molecule has 1 saturated heterocycles. The summed E-state index contributed by atoms with van der Waals surface area (Å²) < 4.78 is 0. The van der Waals surface area contributed by atoms with Gasteiger partial charge in [0.25, 0.3) is 0 Å². The van der Waals surface area contributed by atoms with E-state index in [1.165, 1.54) is 0 Å². The highest BCUT2D eigenvalue weighted by Gasteiger charge is 2.45. The van der Waals surface area contributed by atoms with Crippen LogP contribution in [-0.2, 0) is 4.79 Å². The lowest BCUT2D eigenvalue weighted by atomic mass is 9.79. The first-order valence-corrected chi connectivity index (χ1v) is 4.60. The van der Waals surface area contributed by atoms with Crippen molar-refractivity contribution in [2.45, 2.75) is 31.9 Å². The standard InChI is InChI=1S/C9H18N2O2/c1-6-5-11(3)7(2)4-9(6,13)8(10)12/h6-7,13H,4-5H2,1-3H3,(H2,10,12). The summed E-state index contributed by atoms with van der Waals surface area (Å²) in [5.74, 6) is -0.689. The number of hydrogen-bond donors (Lipinski definition) is 2. The van der Waals surface area contributed by atoms with Crippen molar-refractivity contribution < 1.29 is 9.90 Å². The normalized spacial score (nSPS) is 41.8. The molecule has 4 nitrogen and oxygen atoms in total. The van der Waals surface area contributed by atoms with Gasteiger partial charge in [-0.15, -0.1) is 0 Å². The Morgan fingerprint density at radius 2 is 2.15 bits per heavy atom. The van der Waals surface area contributed by atoms with Crippen LogP contribution < -0.4 is 5.73 Å². The predicted molar refractivity (Wildman–Crippen MR) is 50.0 cm³/mol. The van der Waals surface area contributed by atoms with Crippen molar-refractivity contribution in [3.63, 3.8) is 0 Å². The van der Waals surface area contributed by atoms with E-state index in [2.05, 4.69) is 4.90 Å². The predicted octanol–water partition coefficient (Wildman–Crippen LogP) is -0.437. The monoisotopic (exact) mass is 186 g/mol.